The second-order valence-electron chi connectivity index (χ2n) is 6.40. The van der Waals surface area contributed by atoms with Gasteiger partial charge >= 0.3 is 5.97 Å². The Hall–Kier alpha value is -2.71. The molecule has 0 radical (unpaired) electrons. The lowest BCUT2D eigenvalue weighted by Gasteiger charge is -2.09. The van der Waals surface area contributed by atoms with Gasteiger partial charge in [0.15, 0.2) is 0 Å². The van der Waals surface area contributed by atoms with Crippen LogP contribution in [0.25, 0.3) is 0 Å². The van der Waals surface area contributed by atoms with Crippen LogP contribution in [0, 0.1) is 20.8 Å². The highest BCUT2D eigenvalue weighted by molar-refractivity contribution is 7.18. The number of carbonyl (C=O) groups is 3. The van der Waals surface area contributed by atoms with Crippen molar-refractivity contribution in [3.8, 4) is 0 Å². The molecule has 0 saturated heterocycles. The van der Waals surface area contributed by atoms with Gasteiger partial charge in [0.25, 0.3) is 5.91 Å². The Bertz CT molecular complexity index is 904. The molecule has 2 rings (SSSR count). The van der Waals surface area contributed by atoms with Crippen LogP contribution in [0.2, 0.25) is 0 Å². The lowest BCUT2D eigenvalue weighted by atomic mass is 10.0. The molecule has 0 bridgehead atoms. The standard InChI is InChI=1S/C20H24N2O5S/c1-11-5-6-14(9-12(11)2)10-15(23)22-19-16(20(25)27-8-7-26-4)13(3)17(28-19)18(21)24/h5-6,9H,7-8,10H2,1-4H3,(H2,21,24)(H,22,23). The molecule has 0 saturated carbocycles. The number of hydrogen-bond donors (Lipinski definition) is 2. The molecule has 0 fully saturated rings. The number of carbonyl (C=O) groups excluding carboxylic acids is 3. The number of aryl methyl sites for hydroxylation is 2. The van der Waals surface area contributed by atoms with Crippen molar-refractivity contribution >= 4 is 34.1 Å². The van der Waals surface area contributed by atoms with E-state index in [-0.39, 0.29) is 41.0 Å². The Morgan fingerprint density at radius 2 is 1.82 bits per heavy atom. The molecule has 0 aliphatic carbocycles. The molecule has 2 amide bonds. The number of ether oxygens (including phenoxy) is 2. The van der Waals surface area contributed by atoms with Gasteiger partial charge in [0.1, 0.15) is 11.6 Å². The van der Waals surface area contributed by atoms with Gasteiger partial charge in [-0.05, 0) is 43.0 Å². The van der Waals surface area contributed by atoms with Gasteiger partial charge in [-0.1, -0.05) is 18.2 Å². The number of anilines is 1. The van der Waals surface area contributed by atoms with Crippen molar-refractivity contribution in [3.05, 3.63) is 50.9 Å². The summed E-state index contributed by atoms with van der Waals surface area (Å²) < 4.78 is 10.0. The second kappa shape index (κ2) is 9.48. The predicted octanol–water partition coefficient (Wildman–Crippen LogP) is 2.76. The maximum absolute atomic E-state index is 12.5. The molecule has 3 N–H and O–H groups in total. The number of hydrogen-bond acceptors (Lipinski definition) is 6. The van der Waals surface area contributed by atoms with Crippen LogP contribution in [0.5, 0.6) is 0 Å². The maximum atomic E-state index is 12.5. The molecule has 0 unspecified atom stereocenters. The second-order valence-corrected chi connectivity index (χ2v) is 7.42. The van der Waals surface area contributed by atoms with Crippen LogP contribution in [0.15, 0.2) is 18.2 Å². The summed E-state index contributed by atoms with van der Waals surface area (Å²) >= 11 is 0.968. The Balaban J connectivity index is 2.23. The molecule has 8 heteroatoms. The number of amides is 2. The van der Waals surface area contributed by atoms with Crippen molar-refractivity contribution in [2.45, 2.75) is 27.2 Å². The third kappa shape index (κ3) is 5.17. The first-order valence-electron chi connectivity index (χ1n) is 8.69. The number of benzene rings is 1. The number of esters is 1. The zero-order valence-corrected chi connectivity index (χ0v) is 17.2. The van der Waals surface area contributed by atoms with Crippen LogP contribution < -0.4 is 11.1 Å². The lowest BCUT2D eigenvalue weighted by molar-refractivity contribution is -0.115. The largest absolute Gasteiger partial charge is 0.460 e. The van der Waals surface area contributed by atoms with Crippen molar-refractivity contribution in [3.63, 3.8) is 0 Å². The van der Waals surface area contributed by atoms with Gasteiger partial charge in [0.2, 0.25) is 5.91 Å². The summed E-state index contributed by atoms with van der Waals surface area (Å²) in [6.45, 7) is 5.88. The number of nitrogens with two attached hydrogens (primary N) is 1. The van der Waals surface area contributed by atoms with E-state index in [1.165, 1.54) is 7.11 Å². The van der Waals surface area contributed by atoms with Gasteiger partial charge < -0.3 is 20.5 Å². The van der Waals surface area contributed by atoms with Crippen LogP contribution in [0.1, 0.15) is 42.3 Å². The molecular weight excluding hydrogens is 380 g/mol. The third-order valence-corrected chi connectivity index (χ3v) is 5.51. The van der Waals surface area contributed by atoms with Crippen LogP contribution in [-0.4, -0.2) is 38.1 Å². The van der Waals surface area contributed by atoms with Gasteiger partial charge in [-0.15, -0.1) is 11.3 Å². The van der Waals surface area contributed by atoms with E-state index in [1.54, 1.807) is 6.92 Å². The molecule has 7 nitrogen and oxygen atoms in total. The Kier molecular flexibility index (Phi) is 7.31. The molecule has 0 atom stereocenters. The summed E-state index contributed by atoms with van der Waals surface area (Å²) in [6.07, 6.45) is 0.141. The Morgan fingerprint density at radius 1 is 1.11 bits per heavy atom. The minimum atomic E-state index is -0.664. The highest BCUT2D eigenvalue weighted by atomic mass is 32.1. The quantitative estimate of drug-likeness (QED) is 0.520. The van der Waals surface area contributed by atoms with Gasteiger partial charge in [-0.3, -0.25) is 9.59 Å². The average Bonchev–Trinajstić information content (AvgIpc) is 2.94. The van der Waals surface area contributed by atoms with E-state index < -0.39 is 11.9 Å². The van der Waals surface area contributed by atoms with Gasteiger partial charge in [0.05, 0.1) is 23.5 Å². The Morgan fingerprint density at radius 3 is 2.43 bits per heavy atom. The molecule has 2 aromatic rings. The summed E-state index contributed by atoms with van der Waals surface area (Å²) in [6, 6.07) is 5.79. The SMILES string of the molecule is COCCOC(=O)c1c(NC(=O)Cc2ccc(C)c(C)c2)sc(C(N)=O)c1C. The number of thiophene rings is 1. The van der Waals surface area contributed by atoms with E-state index in [9.17, 15) is 14.4 Å². The molecule has 1 aromatic heterocycles. The number of primary amides is 1. The van der Waals surface area contributed by atoms with E-state index in [0.717, 1.165) is 28.0 Å². The molecule has 1 heterocycles. The van der Waals surface area contributed by atoms with Crippen molar-refractivity contribution in [1.82, 2.24) is 0 Å². The first-order chi connectivity index (χ1) is 13.2. The number of methoxy groups -OCH3 is 1. The van der Waals surface area contributed by atoms with Crippen molar-refractivity contribution in [1.29, 1.82) is 0 Å². The molecule has 0 spiro atoms. The van der Waals surface area contributed by atoms with Crippen molar-refractivity contribution < 1.29 is 23.9 Å². The predicted molar refractivity (Wildman–Crippen MR) is 108 cm³/mol. The highest BCUT2D eigenvalue weighted by Crippen LogP contribution is 2.33. The molecule has 1 aromatic carbocycles. The zero-order chi connectivity index (χ0) is 20.8. The maximum Gasteiger partial charge on any atom is 0.341 e. The molecule has 0 aliphatic rings. The first-order valence-corrected chi connectivity index (χ1v) is 9.51. The zero-order valence-electron chi connectivity index (χ0n) is 16.4. The van der Waals surface area contributed by atoms with Crippen molar-refractivity contribution in [2.75, 3.05) is 25.6 Å². The molecule has 150 valence electrons. The monoisotopic (exact) mass is 404 g/mol. The summed E-state index contributed by atoms with van der Waals surface area (Å²) in [5.41, 5.74) is 9.01. The van der Waals surface area contributed by atoms with Gasteiger partial charge in [0, 0.05) is 7.11 Å². The summed E-state index contributed by atoms with van der Waals surface area (Å²) in [5, 5.41) is 2.97. The fourth-order valence-corrected chi connectivity index (χ4v) is 3.71. The van der Waals surface area contributed by atoms with Gasteiger partial charge in [-0.2, -0.15) is 0 Å². The van der Waals surface area contributed by atoms with Crippen LogP contribution >= 0.6 is 11.3 Å². The summed E-state index contributed by atoms with van der Waals surface area (Å²) in [7, 11) is 1.49. The highest BCUT2D eigenvalue weighted by Gasteiger charge is 2.25. The Labute approximate surface area is 167 Å². The van der Waals surface area contributed by atoms with Gasteiger partial charge in [-0.25, -0.2) is 4.79 Å². The molecule has 28 heavy (non-hydrogen) atoms. The fourth-order valence-electron chi connectivity index (χ4n) is 2.64. The molecule has 0 aliphatic heterocycles. The van der Waals surface area contributed by atoms with E-state index in [1.807, 2.05) is 32.0 Å². The third-order valence-electron chi connectivity index (χ3n) is 4.28. The minimum Gasteiger partial charge on any atom is -0.460 e. The normalized spacial score (nSPS) is 10.6. The summed E-state index contributed by atoms with van der Waals surface area (Å²) in [4.78, 5) is 36.8. The topological polar surface area (TPSA) is 108 Å². The van der Waals surface area contributed by atoms with E-state index in [0.29, 0.717) is 5.56 Å². The fraction of sp³-hybridized carbons (Fsp3) is 0.350. The number of nitrogens with one attached hydrogen (secondary N) is 1. The first kappa shape index (κ1) is 21.6. The van der Waals surface area contributed by atoms with Crippen LogP contribution in [0.4, 0.5) is 5.00 Å². The van der Waals surface area contributed by atoms with Crippen LogP contribution in [0.3, 0.4) is 0 Å². The molecular formula is C20H24N2O5S. The van der Waals surface area contributed by atoms with E-state index in [4.69, 9.17) is 15.2 Å². The van der Waals surface area contributed by atoms with E-state index in [2.05, 4.69) is 5.32 Å². The van der Waals surface area contributed by atoms with Crippen LogP contribution in [-0.2, 0) is 20.7 Å². The minimum absolute atomic E-state index is 0.0621. The lowest BCUT2D eigenvalue weighted by Crippen LogP contribution is -2.17. The average molecular weight is 404 g/mol. The number of rotatable bonds is 8. The van der Waals surface area contributed by atoms with E-state index >= 15 is 0 Å². The smallest absolute Gasteiger partial charge is 0.341 e. The summed E-state index contributed by atoms with van der Waals surface area (Å²) in [5.74, 6) is -1.60. The van der Waals surface area contributed by atoms with Crippen molar-refractivity contribution in [2.24, 2.45) is 5.73 Å².